The third-order valence-electron chi connectivity index (χ3n) is 3.57. The molecule has 112 valence electrons. The van der Waals surface area contributed by atoms with Crippen LogP contribution in [0.4, 0.5) is 5.82 Å². The minimum absolute atomic E-state index is 0.706. The molecule has 1 fully saturated rings. The number of aromatic nitrogens is 1. The van der Waals surface area contributed by atoms with Gasteiger partial charge in [-0.2, -0.15) is 11.8 Å². The van der Waals surface area contributed by atoms with E-state index in [1.165, 1.54) is 22.8 Å². The number of aryl methyl sites for hydroxylation is 1. The SMILES string of the molecule is CCCc1cc(CNCC)cc(N2CCSC(C)C2)n1. The molecule has 0 aliphatic carbocycles. The van der Waals surface area contributed by atoms with Gasteiger partial charge in [-0.15, -0.1) is 0 Å². The van der Waals surface area contributed by atoms with Crippen LogP contribution in [0.3, 0.4) is 0 Å². The number of thioether (sulfide) groups is 1. The fourth-order valence-corrected chi connectivity index (χ4v) is 3.59. The molecule has 1 unspecified atom stereocenters. The third kappa shape index (κ3) is 4.38. The highest BCUT2D eigenvalue weighted by atomic mass is 32.2. The van der Waals surface area contributed by atoms with Gasteiger partial charge in [0.05, 0.1) is 0 Å². The van der Waals surface area contributed by atoms with Gasteiger partial charge in [-0.1, -0.05) is 27.2 Å². The summed E-state index contributed by atoms with van der Waals surface area (Å²) >= 11 is 2.07. The number of pyridine rings is 1. The first-order valence-electron chi connectivity index (χ1n) is 7.80. The van der Waals surface area contributed by atoms with Crippen molar-refractivity contribution in [3.63, 3.8) is 0 Å². The second-order valence-electron chi connectivity index (χ2n) is 5.48. The van der Waals surface area contributed by atoms with E-state index in [2.05, 4.69) is 54.9 Å². The Balaban J connectivity index is 2.18. The van der Waals surface area contributed by atoms with Gasteiger partial charge in [0.1, 0.15) is 5.82 Å². The molecule has 1 saturated heterocycles. The Kier molecular flexibility index (Phi) is 6.17. The van der Waals surface area contributed by atoms with Crippen LogP contribution in [0.25, 0.3) is 0 Å². The van der Waals surface area contributed by atoms with E-state index >= 15 is 0 Å². The molecule has 4 heteroatoms. The molecule has 0 radical (unpaired) electrons. The number of nitrogens with zero attached hydrogens (tertiary/aromatic N) is 2. The summed E-state index contributed by atoms with van der Waals surface area (Å²) in [6, 6.07) is 4.53. The van der Waals surface area contributed by atoms with Gasteiger partial charge in [-0.25, -0.2) is 4.98 Å². The molecule has 0 bridgehead atoms. The molecule has 0 amide bonds. The monoisotopic (exact) mass is 293 g/mol. The second kappa shape index (κ2) is 7.89. The lowest BCUT2D eigenvalue weighted by molar-refractivity contribution is 0.717. The lowest BCUT2D eigenvalue weighted by Crippen LogP contribution is -2.37. The lowest BCUT2D eigenvalue weighted by atomic mass is 10.1. The zero-order valence-electron chi connectivity index (χ0n) is 13.0. The Morgan fingerprint density at radius 2 is 2.25 bits per heavy atom. The van der Waals surface area contributed by atoms with Crippen molar-refractivity contribution >= 4 is 17.6 Å². The highest BCUT2D eigenvalue weighted by Gasteiger charge is 2.18. The maximum absolute atomic E-state index is 4.88. The van der Waals surface area contributed by atoms with Crippen molar-refractivity contribution in [2.45, 2.75) is 45.4 Å². The van der Waals surface area contributed by atoms with Gasteiger partial charge >= 0.3 is 0 Å². The zero-order valence-corrected chi connectivity index (χ0v) is 13.8. The van der Waals surface area contributed by atoms with Crippen molar-refractivity contribution in [1.29, 1.82) is 0 Å². The van der Waals surface area contributed by atoms with Gasteiger partial charge in [0.2, 0.25) is 0 Å². The lowest BCUT2D eigenvalue weighted by Gasteiger charge is -2.32. The average Bonchev–Trinajstić information content (AvgIpc) is 2.45. The summed E-state index contributed by atoms with van der Waals surface area (Å²) in [6.07, 6.45) is 2.23. The van der Waals surface area contributed by atoms with E-state index in [0.29, 0.717) is 5.25 Å². The molecule has 3 nitrogen and oxygen atoms in total. The molecule has 1 aliphatic heterocycles. The van der Waals surface area contributed by atoms with Crippen LogP contribution in [0.1, 0.15) is 38.4 Å². The van der Waals surface area contributed by atoms with Gasteiger partial charge in [0.25, 0.3) is 0 Å². The molecule has 0 saturated carbocycles. The van der Waals surface area contributed by atoms with E-state index in [9.17, 15) is 0 Å². The second-order valence-corrected chi connectivity index (χ2v) is 7.03. The smallest absolute Gasteiger partial charge is 0.129 e. The Morgan fingerprint density at radius 1 is 1.40 bits per heavy atom. The average molecular weight is 293 g/mol. The molecular formula is C16H27N3S. The Hall–Kier alpha value is -0.740. The van der Waals surface area contributed by atoms with Crippen molar-refractivity contribution in [2.24, 2.45) is 0 Å². The summed E-state index contributed by atoms with van der Waals surface area (Å²) in [5.41, 5.74) is 2.61. The fourth-order valence-electron chi connectivity index (χ4n) is 2.58. The molecule has 2 heterocycles. The van der Waals surface area contributed by atoms with Gasteiger partial charge in [-0.3, -0.25) is 0 Å². The van der Waals surface area contributed by atoms with E-state index in [-0.39, 0.29) is 0 Å². The van der Waals surface area contributed by atoms with E-state index in [1.807, 2.05) is 0 Å². The van der Waals surface area contributed by atoms with E-state index in [1.54, 1.807) is 0 Å². The summed E-state index contributed by atoms with van der Waals surface area (Å²) < 4.78 is 0. The first-order chi connectivity index (χ1) is 9.72. The summed E-state index contributed by atoms with van der Waals surface area (Å²) in [7, 11) is 0. The summed E-state index contributed by atoms with van der Waals surface area (Å²) in [6.45, 7) is 10.9. The first-order valence-corrected chi connectivity index (χ1v) is 8.85. The van der Waals surface area contributed by atoms with Gasteiger partial charge in [0.15, 0.2) is 0 Å². The van der Waals surface area contributed by atoms with Crippen molar-refractivity contribution in [3.05, 3.63) is 23.4 Å². The number of anilines is 1. The molecule has 0 spiro atoms. The summed E-state index contributed by atoms with van der Waals surface area (Å²) in [5, 5.41) is 4.13. The minimum Gasteiger partial charge on any atom is -0.355 e. The molecule has 1 atom stereocenters. The molecule has 20 heavy (non-hydrogen) atoms. The van der Waals surface area contributed by atoms with Gasteiger partial charge < -0.3 is 10.2 Å². The quantitative estimate of drug-likeness (QED) is 0.872. The van der Waals surface area contributed by atoms with Crippen LogP contribution in [0.15, 0.2) is 12.1 Å². The zero-order chi connectivity index (χ0) is 14.4. The Bertz CT molecular complexity index is 422. The third-order valence-corrected chi connectivity index (χ3v) is 4.71. The highest BCUT2D eigenvalue weighted by Crippen LogP contribution is 2.24. The summed E-state index contributed by atoms with van der Waals surface area (Å²) in [4.78, 5) is 7.33. The van der Waals surface area contributed by atoms with Crippen LogP contribution in [0, 0.1) is 0 Å². The Labute approximate surface area is 127 Å². The van der Waals surface area contributed by atoms with E-state index < -0.39 is 0 Å². The van der Waals surface area contributed by atoms with Crippen LogP contribution >= 0.6 is 11.8 Å². The van der Waals surface area contributed by atoms with Crippen LogP contribution in [0.2, 0.25) is 0 Å². The topological polar surface area (TPSA) is 28.2 Å². The van der Waals surface area contributed by atoms with Crippen molar-refractivity contribution in [2.75, 3.05) is 30.3 Å². The first kappa shape index (κ1) is 15.6. The van der Waals surface area contributed by atoms with Gasteiger partial charge in [-0.05, 0) is 30.7 Å². The molecule has 1 N–H and O–H groups in total. The van der Waals surface area contributed by atoms with Crippen molar-refractivity contribution in [3.8, 4) is 0 Å². The number of hydrogen-bond acceptors (Lipinski definition) is 4. The minimum atomic E-state index is 0.706. The number of nitrogens with one attached hydrogen (secondary N) is 1. The van der Waals surface area contributed by atoms with E-state index in [4.69, 9.17) is 4.98 Å². The standard InChI is InChI=1S/C16H27N3S/c1-4-6-15-9-14(11-17-5-2)10-16(18-15)19-7-8-20-13(3)12-19/h9-10,13,17H,4-8,11-12H2,1-3H3. The molecular weight excluding hydrogens is 266 g/mol. The maximum atomic E-state index is 4.88. The van der Waals surface area contributed by atoms with Crippen LogP contribution < -0.4 is 10.2 Å². The molecule has 1 aliphatic rings. The van der Waals surface area contributed by atoms with Crippen LogP contribution in [-0.2, 0) is 13.0 Å². The molecule has 1 aromatic rings. The number of rotatable bonds is 6. The largest absolute Gasteiger partial charge is 0.355 e. The predicted octanol–water partition coefficient (Wildman–Crippen LogP) is 3.09. The molecule has 2 rings (SSSR count). The van der Waals surface area contributed by atoms with Crippen molar-refractivity contribution in [1.82, 2.24) is 10.3 Å². The number of hydrogen-bond donors (Lipinski definition) is 1. The van der Waals surface area contributed by atoms with Crippen molar-refractivity contribution < 1.29 is 0 Å². The predicted molar refractivity (Wildman–Crippen MR) is 89.7 cm³/mol. The van der Waals surface area contributed by atoms with Gasteiger partial charge in [0, 0.05) is 36.3 Å². The van der Waals surface area contributed by atoms with E-state index in [0.717, 1.165) is 39.0 Å². The summed E-state index contributed by atoms with van der Waals surface area (Å²) in [5.74, 6) is 2.39. The maximum Gasteiger partial charge on any atom is 0.129 e. The van der Waals surface area contributed by atoms with Crippen LogP contribution in [0.5, 0.6) is 0 Å². The molecule has 1 aromatic heterocycles. The Morgan fingerprint density at radius 3 is 2.95 bits per heavy atom. The normalized spacial score (nSPS) is 19.4. The fraction of sp³-hybridized carbons (Fsp3) is 0.688. The highest BCUT2D eigenvalue weighted by molar-refractivity contribution is 8.00. The van der Waals surface area contributed by atoms with Crippen LogP contribution in [-0.4, -0.2) is 35.6 Å². The molecule has 0 aromatic carbocycles.